The molecule has 2 aromatic heterocycles. The van der Waals surface area contributed by atoms with E-state index < -0.39 is 0 Å². The Hall–Kier alpha value is -2.37. The lowest BCUT2D eigenvalue weighted by atomic mass is 10.0. The van der Waals surface area contributed by atoms with Gasteiger partial charge in [-0.1, -0.05) is 18.2 Å². The van der Waals surface area contributed by atoms with Crippen LogP contribution < -0.4 is 14.8 Å². The second kappa shape index (κ2) is 8.83. The number of methoxy groups -OCH3 is 2. The number of thiophene rings is 1. The van der Waals surface area contributed by atoms with Crippen molar-refractivity contribution in [2.75, 3.05) is 14.2 Å². The van der Waals surface area contributed by atoms with Crippen LogP contribution in [0.5, 0.6) is 11.5 Å². The number of nitrogens with one attached hydrogen (secondary N) is 1. The summed E-state index contributed by atoms with van der Waals surface area (Å²) < 4.78 is 11.0. The van der Waals surface area contributed by atoms with Gasteiger partial charge in [-0.15, -0.1) is 0 Å². The van der Waals surface area contributed by atoms with Gasteiger partial charge in [0.2, 0.25) is 0 Å². The van der Waals surface area contributed by atoms with E-state index in [1.165, 1.54) is 11.1 Å². The van der Waals surface area contributed by atoms with Crippen LogP contribution in [0.25, 0.3) is 0 Å². The van der Waals surface area contributed by atoms with Crippen LogP contribution in [0.15, 0.2) is 53.4 Å². The third kappa shape index (κ3) is 4.23. The van der Waals surface area contributed by atoms with Crippen molar-refractivity contribution in [3.8, 4) is 11.5 Å². The molecule has 26 heavy (non-hydrogen) atoms. The standard InChI is InChI=1S/C21H24N2O2S/c1-15-6-5-10-22-20(15)18(12-16-9-11-26-14-16)23-13-17-7-4-8-19(24-2)21(17)25-3/h4-11,14,18,23H,12-13H2,1-3H3/t18-/m0/s1. The largest absolute Gasteiger partial charge is 0.493 e. The summed E-state index contributed by atoms with van der Waals surface area (Å²) in [5, 5.41) is 7.97. The fourth-order valence-corrected chi connectivity index (χ4v) is 3.78. The Bertz CT molecular complexity index is 834. The van der Waals surface area contributed by atoms with E-state index in [-0.39, 0.29) is 6.04 Å². The fraction of sp³-hybridized carbons (Fsp3) is 0.286. The zero-order valence-electron chi connectivity index (χ0n) is 15.4. The molecule has 0 saturated carbocycles. The summed E-state index contributed by atoms with van der Waals surface area (Å²) in [6.07, 6.45) is 2.75. The minimum Gasteiger partial charge on any atom is -0.493 e. The second-order valence-electron chi connectivity index (χ2n) is 6.13. The van der Waals surface area contributed by atoms with Gasteiger partial charge in [0.15, 0.2) is 11.5 Å². The van der Waals surface area contributed by atoms with Crippen LogP contribution in [0.2, 0.25) is 0 Å². The first kappa shape index (κ1) is 18.4. The number of para-hydroxylation sites is 1. The predicted octanol–water partition coefficient (Wildman–Crippen LogP) is 4.54. The number of hydrogen-bond donors (Lipinski definition) is 1. The van der Waals surface area contributed by atoms with Gasteiger partial charge in [-0.05, 0) is 53.4 Å². The molecule has 0 saturated heterocycles. The fourth-order valence-electron chi connectivity index (χ4n) is 3.10. The third-order valence-electron chi connectivity index (χ3n) is 4.42. The lowest BCUT2D eigenvalue weighted by molar-refractivity contribution is 0.349. The Morgan fingerprint density at radius 1 is 1.12 bits per heavy atom. The molecule has 4 nitrogen and oxygen atoms in total. The first-order chi connectivity index (χ1) is 12.7. The zero-order valence-corrected chi connectivity index (χ0v) is 16.2. The number of aryl methyl sites for hydroxylation is 1. The number of hydrogen-bond acceptors (Lipinski definition) is 5. The quantitative estimate of drug-likeness (QED) is 0.634. The summed E-state index contributed by atoms with van der Waals surface area (Å²) in [5.41, 5.74) is 4.66. The van der Waals surface area contributed by atoms with Gasteiger partial charge in [0.25, 0.3) is 0 Å². The Labute approximate surface area is 158 Å². The van der Waals surface area contributed by atoms with Crippen molar-refractivity contribution in [1.29, 1.82) is 0 Å². The molecule has 1 aromatic carbocycles. The molecule has 3 aromatic rings. The predicted molar refractivity (Wildman–Crippen MR) is 106 cm³/mol. The van der Waals surface area contributed by atoms with Crippen LogP contribution in [0.1, 0.15) is 28.4 Å². The average molecular weight is 369 g/mol. The summed E-state index contributed by atoms with van der Waals surface area (Å²) in [5.74, 6) is 1.52. The number of rotatable bonds is 8. The maximum absolute atomic E-state index is 5.56. The number of aromatic nitrogens is 1. The Kier molecular flexibility index (Phi) is 6.26. The second-order valence-corrected chi connectivity index (χ2v) is 6.91. The maximum Gasteiger partial charge on any atom is 0.165 e. The van der Waals surface area contributed by atoms with E-state index in [0.717, 1.165) is 29.2 Å². The molecule has 0 radical (unpaired) electrons. The van der Waals surface area contributed by atoms with E-state index in [4.69, 9.17) is 9.47 Å². The minimum absolute atomic E-state index is 0.127. The SMILES string of the molecule is COc1cccc(CN[C@@H](Cc2ccsc2)c2ncccc2C)c1OC. The van der Waals surface area contributed by atoms with Gasteiger partial charge >= 0.3 is 0 Å². The number of nitrogens with zero attached hydrogens (tertiary/aromatic N) is 1. The molecule has 0 aliphatic heterocycles. The van der Waals surface area contributed by atoms with E-state index in [0.29, 0.717) is 6.54 Å². The molecular formula is C21H24N2O2S. The zero-order chi connectivity index (χ0) is 18.4. The molecular weight excluding hydrogens is 344 g/mol. The van der Waals surface area contributed by atoms with Crippen molar-refractivity contribution < 1.29 is 9.47 Å². The molecule has 1 N–H and O–H groups in total. The highest BCUT2D eigenvalue weighted by Gasteiger charge is 2.17. The monoisotopic (exact) mass is 368 g/mol. The molecule has 136 valence electrons. The lowest BCUT2D eigenvalue weighted by Crippen LogP contribution is -2.25. The minimum atomic E-state index is 0.127. The molecule has 5 heteroatoms. The van der Waals surface area contributed by atoms with Crippen LogP contribution in [0.4, 0.5) is 0 Å². The Balaban J connectivity index is 1.84. The van der Waals surface area contributed by atoms with Crippen LogP contribution in [0, 0.1) is 6.92 Å². The van der Waals surface area contributed by atoms with Gasteiger partial charge in [-0.25, -0.2) is 0 Å². The topological polar surface area (TPSA) is 43.4 Å². The molecule has 0 aliphatic rings. The van der Waals surface area contributed by atoms with Gasteiger partial charge in [0.1, 0.15) is 0 Å². The van der Waals surface area contributed by atoms with Gasteiger partial charge in [-0.3, -0.25) is 4.98 Å². The number of benzene rings is 1. The molecule has 0 spiro atoms. The molecule has 0 bridgehead atoms. The lowest BCUT2D eigenvalue weighted by Gasteiger charge is -2.21. The van der Waals surface area contributed by atoms with Gasteiger partial charge < -0.3 is 14.8 Å². The van der Waals surface area contributed by atoms with Gasteiger partial charge in [0, 0.05) is 18.3 Å². The van der Waals surface area contributed by atoms with Crippen LogP contribution in [0.3, 0.4) is 0 Å². The van der Waals surface area contributed by atoms with E-state index >= 15 is 0 Å². The van der Waals surface area contributed by atoms with Gasteiger partial charge in [-0.2, -0.15) is 11.3 Å². The Morgan fingerprint density at radius 2 is 2.00 bits per heavy atom. The van der Waals surface area contributed by atoms with Crippen molar-refractivity contribution in [3.63, 3.8) is 0 Å². The molecule has 1 atom stereocenters. The summed E-state index contributed by atoms with van der Waals surface area (Å²) in [6, 6.07) is 12.3. The summed E-state index contributed by atoms with van der Waals surface area (Å²) in [7, 11) is 3.33. The van der Waals surface area contributed by atoms with Crippen molar-refractivity contribution in [3.05, 3.63) is 75.7 Å². The number of ether oxygens (including phenoxy) is 2. The highest BCUT2D eigenvalue weighted by molar-refractivity contribution is 7.07. The first-order valence-electron chi connectivity index (χ1n) is 8.58. The molecule has 3 rings (SSSR count). The van der Waals surface area contributed by atoms with Crippen molar-refractivity contribution in [1.82, 2.24) is 10.3 Å². The normalized spacial score (nSPS) is 12.0. The van der Waals surface area contributed by atoms with Crippen LogP contribution in [-0.4, -0.2) is 19.2 Å². The van der Waals surface area contributed by atoms with Crippen LogP contribution >= 0.6 is 11.3 Å². The molecule has 2 heterocycles. The molecule has 0 aliphatic carbocycles. The highest BCUT2D eigenvalue weighted by Crippen LogP contribution is 2.31. The third-order valence-corrected chi connectivity index (χ3v) is 5.16. The van der Waals surface area contributed by atoms with Crippen LogP contribution in [-0.2, 0) is 13.0 Å². The van der Waals surface area contributed by atoms with E-state index in [1.807, 2.05) is 24.4 Å². The van der Waals surface area contributed by atoms with Crippen molar-refractivity contribution in [2.45, 2.75) is 25.9 Å². The highest BCUT2D eigenvalue weighted by atomic mass is 32.1. The average Bonchev–Trinajstić information content (AvgIpc) is 3.18. The maximum atomic E-state index is 5.56. The van der Waals surface area contributed by atoms with E-state index in [2.05, 4.69) is 46.2 Å². The Morgan fingerprint density at radius 3 is 2.69 bits per heavy atom. The van der Waals surface area contributed by atoms with E-state index in [9.17, 15) is 0 Å². The van der Waals surface area contributed by atoms with Crippen molar-refractivity contribution in [2.24, 2.45) is 0 Å². The summed E-state index contributed by atoms with van der Waals surface area (Å²) in [6.45, 7) is 2.78. The summed E-state index contributed by atoms with van der Waals surface area (Å²) >= 11 is 1.72. The van der Waals surface area contributed by atoms with Crippen molar-refractivity contribution >= 4 is 11.3 Å². The number of pyridine rings is 1. The molecule has 0 unspecified atom stereocenters. The molecule has 0 amide bonds. The van der Waals surface area contributed by atoms with E-state index in [1.54, 1.807) is 25.6 Å². The smallest absolute Gasteiger partial charge is 0.165 e. The summed E-state index contributed by atoms with van der Waals surface area (Å²) in [4.78, 5) is 4.63. The van der Waals surface area contributed by atoms with Gasteiger partial charge in [0.05, 0.1) is 26.0 Å². The first-order valence-corrected chi connectivity index (χ1v) is 9.53. The molecule has 0 fully saturated rings.